The molecule has 0 saturated carbocycles. The molecule has 4 nitrogen and oxygen atoms in total. The van der Waals surface area contributed by atoms with Crippen LogP contribution >= 0.6 is 0 Å². The van der Waals surface area contributed by atoms with Gasteiger partial charge in [0.25, 0.3) is 0 Å². The highest BCUT2D eigenvalue weighted by atomic mass is 16.5. The van der Waals surface area contributed by atoms with E-state index in [4.69, 9.17) is 19.9 Å². The van der Waals surface area contributed by atoms with Crippen molar-refractivity contribution in [3.05, 3.63) is 59.3 Å². The summed E-state index contributed by atoms with van der Waals surface area (Å²) in [5, 5.41) is 0. The second kappa shape index (κ2) is 7.58. The van der Waals surface area contributed by atoms with Crippen molar-refractivity contribution in [2.45, 2.75) is 13.8 Å². The molecule has 0 bridgehead atoms. The summed E-state index contributed by atoms with van der Waals surface area (Å²) in [6.07, 6.45) is 1.61. The van der Waals surface area contributed by atoms with Crippen molar-refractivity contribution in [2.24, 2.45) is 5.73 Å². The van der Waals surface area contributed by atoms with Crippen molar-refractivity contribution in [2.75, 3.05) is 20.8 Å². The van der Waals surface area contributed by atoms with Gasteiger partial charge in [-0.05, 0) is 54.8 Å². The number of benzene rings is 2. The second-order valence-corrected chi connectivity index (χ2v) is 5.06. The van der Waals surface area contributed by atoms with Gasteiger partial charge in [-0.3, -0.25) is 0 Å². The lowest BCUT2D eigenvalue weighted by molar-refractivity contribution is 0.311. The molecule has 2 N–H and O–H groups in total. The second-order valence-electron chi connectivity index (χ2n) is 5.06. The first-order chi connectivity index (χ1) is 11.1. The third kappa shape index (κ3) is 3.59. The molecule has 2 rings (SSSR count). The zero-order valence-corrected chi connectivity index (χ0v) is 14.1. The monoisotopic (exact) mass is 313 g/mol. The van der Waals surface area contributed by atoms with Gasteiger partial charge in [0.1, 0.15) is 5.75 Å². The van der Waals surface area contributed by atoms with E-state index in [0.29, 0.717) is 18.1 Å². The molecule has 0 aliphatic rings. The van der Waals surface area contributed by atoms with Crippen molar-refractivity contribution >= 4 is 5.57 Å². The molecule has 0 heterocycles. The minimum atomic E-state index is 0.573. The summed E-state index contributed by atoms with van der Waals surface area (Å²) < 4.78 is 16.3. The smallest absolute Gasteiger partial charge is 0.161 e. The Labute approximate surface area is 137 Å². The van der Waals surface area contributed by atoms with Crippen LogP contribution in [0.4, 0.5) is 0 Å². The van der Waals surface area contributed by atoms with Crippen LogP contribution in [0, 0.1) is 6.92 Å². The highest BCUT2D eigenvalue weighted by molar-refractivity contribution is 5.81. The summed E-state index contributed by atoms with van der Waals surface area (Å²) in [6.45, 7) is 4.53. The van der Waals surface area contributed by atoms with Crippen molar-refractivity contribution in [3.63, 3.8) is 0 Å². The zero-order valence-electron chi connectivity index (χ0n) is 14.1. The van der Waals surface area contributed by atoms with Gasteiger partial charge in [0, 0.05) is 11.8 Å². The van der Waals surface area contributed by atoms with Crippen molar-refractivity contribution in [3.8, 4) is 17.2 Å². The van der Waals surface area contributed by atoms with Crippen LogP contribution in [0.5, 0.6) is 17.2 Å². The standard InChI is InChI=1S/C19H23NO3/c1-5-23-19-11-15(7-9-18(19)22-4)16(12-20)14-6-8-17(21-3)13(2)10-14/h6-12H,5,20H2,1-4H3. The molecule has 2 aromatic rings. The van der Waals surface area contributed by atoms with Gasteiger partial charge in [0.15, 0.2) is 11.5 Å². The molecule has 0 saturated heterocycles. The highest BCUT2D eigenvalue weighted by Crippen LogP contribution is 2.33. The fraction of sp³-hybridized carbons (Fsp3) is 0.263. The fourth-order valence-electron chi connectivity index (χ4n) is 2.52. The Morgan fingerprint density at radius 1 is 0.957 bits per heavy atom. The minimum Gasteiger partial charge on any atom is -0.496 e. The van der Waals surface area contributed by atoms with Crippen LogP contribution in [0.1, 0.15) is 23.6 Å². The average Bonchev–Trinajstić information content (AvgIpc) is 2.56. The predicted molar refractivity (Wildman–Crippen MR) is 93.2 cm³/mol. The Morgan fingerprint density at radius 2 is 1.57 bits per heavy atom. The van der Waals surface area contributed by atoms with E-state index >= 15 is 0 Å². The van der Waals surface area contributed by atoms with E-state index in [9.17, 15) is 0 Å². The molecule has 0 unspecified atom stereocenters. The summed E-state index contributed by atoms with van der Waals surface area (Å²) >= 11 is 0. The summed E-state index contributed by atoms with van der Waals surface area (Å²) in [5.74, 6) is 2.27. The summed E-state index contributed by atoms with van der Waals surface area (Å²) in [6, 6.07) is 11.8. The molecular formula is C19H23NO3. The van der Waals surface area contributed by atoms with Gasteiger partial charge in [-0.2, -0.15) is 0 Å². The number of hydrogen-bond donors (Lipinski definition) is 1. The Kier molecular flexibility index (Phi) is 5.52. The fourth-order valence-corrected chi connectivity index (χ4v) is 2.52. The third-order valence-corrected chi connectivity index (χ3v) is 3.65. The van der Waals surface area contributed by atoms with Crippen LogP contribution in [0.2, 0.25) is 0 Å². The number of hydrogen-bond acceptors (Lipinski definition) is 4. The van der Waals surface area contributed by atoms with E-state index in [1.54, 1.807) is 20.4 Å². The molecule has 0 aromatic heterocycles. The van der Waals surface area contributed by atoms with Crippen LogP contribution in [0.3, 0.4) is 0 Å². The quantitative estimate of drug-likeness (QED) is 0.882. The minimum absolute atomic E-state index is 0.573. The normalized spacial score (nSPS) is 11.2. The average molecular weight is 313 g/mol. The Bertz CT molecular complexity index is 708. The molecule has 0 atom stereocenters. The lowest BCUT2D eigenvalue weighted by atomic mass is 9.97. The molecular weight excluding hydrogens is 290 g/mol. The number of aryl methyl sites for hydroxylation is 1. The van der Waals surface area contributed by atoms with Crippen molar-refractivity contribution in [1.82, 2.24) is 0 Å². The first-order valence-electron chi connectivity index (χ1n) is 7.52. The van der Waals surface area contributed by atoms with Gasteiger partial charge in [-0.1, -0.05) is 12.1 Å². The molecule has 23 heavy (non-hydrogen) atoms. The van der Waals surface area contributed by atoms with Gasteiger partial charge in [-0.25, -0.2) is 0 Å². The van der Waals surface area contributed by atoms with E-state index < -0.39 is 0 Å². The lowest BCUT2D eigenvalue weighted by Gasteiger charge is -2.14. The van der Waals surface area contributed by atoms with Crippen LogP contribution in [0.15, 0.2) is 42.6 Å². The zero-order chi connectivity index (χ0) is 16.8. The summed E-state index contributed by atoms with van der Waals surface area (Å²) in [7, 11) is 3.30. The maximum atomic E-state index is 5.89. The lowest BCUT2D eigenvalue weighted by Crippen LogP contribution is -1.99. The highest BCUT2D eigenvalue weighted by Gasteiger charge is 2.11. The predicted octanol–water partition coefficient (Wildman–Crippen LogP) is 3.76. The molecule has 0 aliphatic heterocycles. The van der Waals surface area contributed by atoms with Gasteiger partial charge in [0.05, 0.1) is 20.8 Å². The van der Waals surface area contributed by atoms with Crippen molar-refractivity contribution in [1.29, 1.82) is 0 Å². The molecule has 0 fully saturated rings. The van der Waals surface area contributed by atoms with Gasteiger partial charge in [0.2, 0.25) is 0 Å². The van der Waals surface area contributed by atoms with Gasteiger partial charge >= 0.3 is 0 Å². The molecule has 0 spiro atoms. The van der Waals surface area contributed by atoms with Crippen LogP contribution < -0.4 is 19.9 Å². The van der Waals surface area contributed by atoms with E-state index in [-0.39, 0.29) is 0 Å². The van der Waals surface area contributed by atoms with Crippen LogP contribution in [-0.4, -0.2) is 20.8 Å². The van der Waals surface area contributed by atoms with Crippen LogP contribution in [-0.2, 0) is 0 Å². The summed E-state index contributed by atoms with van der Waals surface area (Å²) in [4.78, 5) is 0. The van der Waals surface area contributed by atoms with Crippen molar-refractivity contribution < 1.29 is 14.2 Å². The maximum absolute atomic E-state index is 5.89. The van der Waals surface area contributed by atoms with Gasteiger partial charge < -0.3 is 19.9 Å². The van der Waals surface area contributed by atoms with E-state index in [0.717, 1.165) is 28.0 Å². The molecule has 0 amide bonds. The van der Waals surface area contributed by atoms with E-state index in [1.165, 1.54) is 0 Å². The Morgan fingerprint density at radius 3 is 2.09 bits per heavy atom. The number of methoxy groups -OCH3 is 2. The number of rotatable bonds is 6. The number of nitrogens with two attached hydrogens (primary N) is 1. The molecule has 0 radical (unpaired) electrons. The Balaban J connectivity index is 2.45. The molecule has 0 aliphatic carbocycles. The van der Waals surface area contributed by atoms with Gasteiger partial charge in [-0.15, -0.1) is 0 Å². The first kappa shape index (κ1) is 16.7. The topological polar surface area (TPSA) is 53.7 Å². The summed E-state index contributed by atoms with van der Waals surface area (Å²) in [5.41, 5.74) is 9.87. The Hall–Kier alpha value is -2.62. The third-order valence-electron chi connectivity index (χ3n) is 3.65. The largest absolute Gasteiger partial charge is 0.496 e. The molecule has 122 valence electrons. The number of ether oxygens (including phenoxy) is 3. The maximum Gasteiger partial charge on any atom is 0.161 e. The molecule has 4 heteroatoms. The van der Waals surface area contributed by atoms with E-state index in [2.05, 4.69) is 6.07 Å². The first-order valence-corrected chi connectivity index (χ1v) is 7.52. The SMILES string of the molecule is CCOc1cc(C(=CN)c2ccc(OC)c(C)c2)ccc1OC. The molecule has 2 aromatic carbocycles. The van der Waals surface area contributed by atoms with E-state index in [1.807, 2.05) is 44.2 Å². The van der Waals surface area contributed by atoms with Crippen LogP contribution in [0.25, 0.3) is 5.57 Å².